The van der Waals surface area contributed by atoms with Gasteiger partial charge in [-0.15, -0.1) is 0 Å². The van der Waals surface area contributed by atoms with Gasteiger partial charge in [-0.2, -0.15) is 0 Å². The van der Waals surface area contributed by atoms with Gasteiger partial charge in [0.1, 0.15) is 0 Å². The van der Waals surface area contributed by atoms with E-state index in [1.54, 1.807) is 0 Å². The highest BCUT2D eigenvalue weighted by atomic mass is 15.2. The van der Waals surface area contributed by atoms with Crippen LogP contribution in [0.5, 0.6) is 0 Å². The van der Waals surface area contributed by atoms with Crippen molar-refractivity contribution >= 4 is 5.69 Å². The van der Waals surface area contributed by atoms with Gasteiger partial charge in [0.2, 0.25) is 0 Å². The number of rotatable bonds is 1. The molecule has 1 aromatic carbocycles. The zero-order valence-electron chi connectivity index (χ0n) is 9.04. The van der Waals surface area contributed by atoms with E-state index in [-0.39, 0.29) is 5.41 Å². The van der Waals surface area contributed by atoms with E-state index in [0.29, 0.717) is 0 Å². The first-order chi connectivity index (χ1) is 6.55. The second kappa shape index (κ2) is 5.59. The van der Waals surface area contributed by atoms with E-state index in [4.69, 9.17) is 5.84 Å². The van der Waals surface area contributed by atoms with Crippen LogP contribution in [-0.4, -0.2) is 0 Å². The Bertz CT molecular complexity index is 265. The molecule has 0 fully saturated rings. The summed E-state index contributed by atoms with van der Waals surface area (Å²) >= 11 is 0. The Kier molecular flexibility index (Phi) is 5.15. The molecular weight excluding hydrogens is 176 g/mol. The maximum Gasteiger partial charge on any atom is 0.0522 e. The van der Waals surface area contributed by atoms with Crippen molar-refractivity contribution in [2.24, 2.45) is 17.5 Å². The fraction of sp³-hybridized carbons (Fsp3) is 0.400. The van der Waals surface area contributed by atoms with E-state index in [2.05, 4.69) is 43.9 Å². The van der Waals surface area contributed by atoms with Crippen molar-refractivity contribution in [3.63, 3.8) is 0 Å². The van der Waals surface area contributed by atoms with Crippen molar-refractivity contribution in [1.29, 1.82) is 0 Å². The lowest BCUT2D eigenvalue weighted by Crippen LogP contribution is -2.17. The van der Waals surface area contributed by atoms with Crippen LogP contribution in [0.4, 0.5) is 5.69 Å². The van der Waals surface area contributed by atoms with Gasteiger partial charge in [-0.1, -0.05) is 39.0 Å². The van der Waals surface area contributed by atoms with Gasteiger partial charge in [0.05, 0.1) is 5.69 Å². The normalized spacial score (nSPS) is 10.1. The van der Waals surface area contributed by atoms with Gasteiger partial charge in [0.25, 0.3) is 0 Å². The molecular formula is C10H20N4. The summed E-state index contributed by atoms with van der Waals surface area (Å²) < 4.78 is 0. The van der Waals surface area contributed by atoms with Crippen LogP contribution >= 0.6 is 0 Å². The van der Waals surface area contributed by atoms with Crippen LogP contribution in [0.25, 0.3) is 0 Å². The largest absolute Gasteiger partial charge is 0.324 e. The zero-order chi connectivity index (χ0) is 11.2. The number of benzene rings is 1. The molecule has 80 valence electrons. The minimum absolute atomic E-state index is 0.142. The van der Waals surface area contributed by atoms with Gasteiger partial charge < -0.3 is 5.43 Å². The molecule has 4 heteroatoms. The van der Waals surface area contributed by atoms with Gasteiger partial charge in [0.15, 0.2) is 0 Å². The lowest BCUT2D eigenvalue weighted by molar-refractivity contribution is 0.592. The van der Waals surface area contributed by atoms with E-state index in [9.17, 15) is 0 Å². The second-order valence-electron chi connectivity index (χ2n) is 3.94. The van der Waals surface area contributed by atoms with E-state index in [1.165, 1.54) is 5.56 Å². The molecule has 0 bridgehead atoms. The minimum Gasteiger partial charge on any atom is -0.324 e. The maximum absolute atomic E-state index is 5.40. The molecule has 0 saturated carbocycles. The minimum atomic E-state index is 0.142. The van der Waals surface area contributed by atoms with Crippen molar-refractivity contribution in [1.82, 2.24) is 0 Å². The highest BCUT2D eigenvalue weighted by Crippen LogP contribution is 2.28. The summed E-state index contributed by atoms with van der Waals surface area (Å²) in [7, 11) is 0. The number of nitrogen functional groups attached to an aromatic ring is 1. The molecule has 4 nitrogen and oxygen atoms in total. The Hall–Kier alpha value is -1.10. The summed E-state index contributed by atoms with van der Waals surface area (Å²) in [5, 5.41) is 0. The average molecular weight is 196 g/mol. The van der Waals surface area contributed by atoms with Crippen LogP contribution in [0, 0.1) is 0 Å². The molecule has 1 aromatic rings. The standard InChI is InChI=1S/C10H16N2.H4N2/c1-10(2,3)8-6-4-5-7-9(8)12-11;1-2/h4-7,12H,11H2,1-3H3;1-2H2. The summed E-state index contributed by atoms with van der Waals surface area (Å²) in [6, 6.07) is 8.08. The molecule has 0 radical (unpaired) electrons. The van der Waals surface area contributed by atoms with E-state index in [0.717, 1.165) is 5.69 Å². The molecule has 0 heterocycles. The maximum atomic E-state index is 5.40. The molecule has 0 saturated heterocycles. The predicted octanol–water partition coefficient (Wildman–Crippen LogP) is 1.09. The predicted molar refractivity (Wildman–Crippen MR) is 61.3 cm³/mol. The molecule has 0 aliphatic heterocycles. The molecule has 14 heavy (non-hydrogen) atoms. The first-order valence-electron chi connectivity index (χ1n) is 4.45. The first kappa shape index (κ1) is 12.9. The monoisotopic (exact) mass is 196 g/mol. The number of nitrogens with one attached hydrogen (secondary N) is 1. The van der Waals surface area contributed by atoms with Crippen LogP contribution < -0.4 is 23.0 Å². The Labute approximate surface area is 85.4 Å². The summed E-state index contributed by atoms with van der Waals surface area (Å²) in [6.07, 6.45) is 0. The van der Waals surface area contributed by atoms with Crippen LogP contribution in [0.15, 0.2) is 24.3 Å². The lowest BCUT2D eigenvalue weighted by Gasteiger charge is -2.22. The van der Waals surface area contributed by atoms with Crippen LogP contribution in [0.2, 0.25) is 0 Å². The van der Waals surface area contributed by atoms with E-state index < -0.39 is 0 Å². The van der Waals surface area contributed by atoms with Crippen molar-refractivity contribution in [2.45, 2.75) is 26.2 Å². The number of para-hydroxylation sites is 1. The Morgan fingerprint density at radius 3 is 1.93 bits per heavy atom. The summed E-state index contributed by atoms with van der Waals surface area (Å²) in [4.78, 5) is 0. The molecule has 0 unspecified atom stereocenters. The Morgan fingerprint density at radius 1 is 1.07 bits per heavy atom. The summed E-state index contributed by atoms with van der Waals surface area (Å²) in [6.45, 7) is 6.51. The topological polar surface area (TPSA) is 90.1 Å². The van der Waals surface area contributed by atoms with Gasteiger partial charge in [0, 0.05) is 0 Å². The van der Waals surface area contributed by atoms with Gasteiger partial charge in [-0.3, -0.25) is 17.5 Å². The zero-order valence-corrected chi connectivity index (χ0v) is 9.04. The third kappa shape index (κ3) is 3.33. The molecule has 7 N–H and O–H groups in total. The first-order valence-corrected chi connectivity index (χ1v) is 4.45. The summed E-state index contributed by atoms with van der Waals surface area (Å²) in [5.74, 6) is 13.4. The van der Waals surface area contributed by atoms with Crippen molar-refractivity contribution in [3.05, 3.63) is 29.8 Å². The second-order valence-corrected chi connectivity index (χ2v) is 3.94. The van der Waals surface area contributed by atoms with Crippen LogP contribution in [0.3, 0.4) is 0 Å². The van der Waals surface area contributed by atoms with Gasteiger partial charge in [-0.05, 0) is 17.0 Å². The van der Waals surface area contributed by atoms with Crippen molar-refractivity contribution in [3.8, 4) is 0 Å². The quantitative estimate of drug-likeness (QED) is 0.400. The van der Waals surface area contributed by atoms with E-state index >= 15 is 0 Å². The highest BCUT2D eigenvalue weighted by molar-refractivity contribution is 5.52. The van der Waals surface area contributed by atoms with Crippen molar-refractivity contribution < 1.29 is 0 Å². The van der Waals surface area contributed by atoms with Crippen molar-refractivity contribution in [2.75, 3.05) is 5.43 Å². The molecule has 0 aliphatic rings. The molecule has 0 spiro atoms. The number of hydrogen-bond donors (Lipinski definition) is 4. The van der Waals surface area contributed by atoms with E-state index in [1.807, 2.05) is 18.2 Å². The smallest absolute Gasteiger partial charge is 0.0522 e. The lowest BCUT2D eigenvalue weighted by atomic mass is 9.86. The fourth-order valence-electron chi connectivity index (χ4n) is 1.26. The molecule has 0 aliphatic carbocycles. The fourth-order valence-corrected chi connectivity index (χ4v) is 1.26. The highest BCUT2D eigenvalue weighted by Gasteiger charge is 2.16. The Morgan fingerprint density at radius 2 is 1.57 bits per heavy atom. The molecule has 0 atom stereocenters. The Balaban J connectivity index is 0.000000791. The number of anilines is 1. The average Bonchev–Trinajstić information content (AvgIpc) is 2.19. The van der Waals surface area contributed by atoms with Crippen LogP contribution in [-0.2, 0) is 5.41 Å². The number of hydrogen-bond acceptors (Lipinski definition) is 4. The van der Waals surface area contributed by atoms with Gasteiger partial charge >= 0.3 is 0 Å². The number of nitrogens with two attached hydrogens (primary N) is 3. The van der Waals surface area contributed by atoms with Crippen LogP contribution in [0.1, 0.15) is 26.3 Å². The third-order valence-corrected chi connectivity index (χ3v) is 1.89. The molecule has 1 rings (SSSR count). The molecule has 0 amide bonds. The molecule has 0 aromatic heterocycles. The SMILES string of the molecule is CC(C)(C)c1ccccc1NN.NN. The number of hydrazine groups is 2. The summed E-state index contributed by atoms with van der Waals surface area (Å²) in [5.41, 5.74) is 5.09. The third-order valence-electron chi connectivity index (χ3n) is 1.89. The van der Waals surface area contributed by atoms with Gasteiger partial charge in [-0.25, -0.2) is 0 Å².